The molecule has 25 heavy (non-hydrogen) atoms. The van der Waals surface area contributed by atoms with Crippen molar-refractivity contribution in [3.63, 3.8) is 0 Å². The molecule has 0 saturated heterocycles. The Labute approximate surface area is 161 Å². The van der Waals surface area contributed by atoms with E-state index in [2.05, 4.69) is 4.98 Å². The summed E-state index contributed by atoms with van der Waals surface area (Å²) < 4.78 is 61.2. The Morgan fingerprint density at radius 3 is 2.48 bits per heavy atom. The van der Waals surface area contributed by atoms with Crippen LogP contribution in [0.15, 0.2) is 30.5 Å². The third kappa shape index (κ3) is 3.47. The molecule has 0 amide bonds. The van der Waals surface area contributed by atoms with Gasteiger partial charge >= 0.3 is 0 Å². The molecule has 1 aromatic heterocycles. The summed E-state index contributed by atoms with van der Waals surface area (Å²) in [7, 11) is 0. The zero-order chi connectivity index (χ0) is 17.4. The molecule has 0 saturated carbocycles. The highest BCUT2D eigenvalue weighted by molar-refractivity contribution is 14.0. The molecule has 3 nitrogen and oxygen atoms in total. The van der Waals surface area contributed by atoms with Gasteiger partial charge in [0.15, 0.2) is 11.6 Å². The van der Waals surface area contributed by atoms with Crippen LogP contribution in [0.5, 0.6) is 11.5 Å². The van der Waals surface area contributed by atoms with Crippen molar-refractivity contribution in [2.75, 3.05) is 6.26 Å². The Morgan fingerprint density at radius 1 is 1.08 bits per heavy atom. The van der Waals surface area contributed by atoms with Crippen LogP contribution >= 0.6 is 35.7 Å². The molecule has 0 spiro atoms. The lowest BCUT2D eigenvalue weighted by Gasteiger charge is -2.11. The van der Waals surface area contributed by atoms with Crippen LogP contribution in [-0.2, 0) is 0 Å². The van der Waals surface area contributed by atoms with Crippen LogP contribution < -0.4 is 4.74 Å². The lowest BCUT2D eigenvalue weighted by atomic mass is 10.2. The quantitative estimate of drug-likeness (QED) is 0.163. The summed E-state index contributed by atoms with van der Waals surface area (Å²) in [6, 6.07) is 4.53. The molecule has 0 aliphatic heterocycles. The van der Waals surface area contributed by atoms with Gasteiger partial charge in [0, 0.05) is 17.1 Å². The zero-order valence-corrected chi connectivity index (χ0v) is 15.8. The van der Waals surface area contributed by atoms with Crippen molar-refractivity contribution in [1.82, 2.24) is 4.98 Å². The van der Waals surface area contributed by atoms with Crippen molar-refractivity contribution in [1.29, 1.82) is 5.41 Å². The van der Waals surface area contributed by atoms with Crippen LogP contribution in [0.2, 0.25) is 0 Å². The SMILES string of the molecule is CSC(=N)c1cc(Oc2c(F)c(F)c3[nH]ccc3c2F)ccc1F.I. The number of fused-ring (bicyclic) bond motifs is 1. The molecule has 0 aliphatic carbocycles. The zero-order valence-electron chi connectivity index (χ0n) is 12.6. The second-order valence-electron chi connectivity index (χ2n) is 4.81. The summed E-state index contributed by atoms with van der Waals surface area (Å²) in [5.74, 6) is -5.55. The molecular weight excluding hydrogens is 471 g/mol. The third-order valence-electron chi connectivity index (χ3n) is 3.40. The molecular formula is C16H11F4IN2OS. The van der Waals surface area contributed by atoms with Gasteiger partial charge < -0.3 is 9.72 Å². The summed E-state index contributed by atoms with van der Waals surface area (Å²) in [6.45, 7) is 0. The fraction of sp³-hybridized carbons (Fsp3) is 0.0625. The van der Waals surface area contributed by atoms with Gasteiger partial charge in [-0.25, -0.2) is 13.2 Å². The predicted molar refractivity (Wildman–Crippen MR) is 100 cm³/mol. The average molecular weight is 482 g/mol. The van der Waals surface area contributed by atoms with Crippen LogP contribution in [0.4, 0.5) is 17.6 Å². The van der Waals surface area contributed by atoms with Gasteiger partial charge in [-0.15, -0.1) is 35.7 Å². The monoisotopic (exact) mass is 482 g/mol. The summed E-state index contributed by atoms with van der Waals surface area (Å²) in [5.41, 5.74) is -0.384. The molecule has 3 aromatic rings. The van der Waals surface area contributed by atoms with E-state index in [-0.39, 0.29) is 51.2 Å². The Bertz CT molecular complexity index is 961. The number of halogens is 5. The number of hydrogen-bond donors (Lipinski definition) is 2. The summed E-state index contributed by atoms with van der Waals surface area (Å²) in [5, 5.41) is 7.42. The minimum atomic E-state index is -1.49. The lowest BCUT2D eigenvalue weighted by Crippen LogP contribution is -2.01. The smallest absolute Gasteiger partial charge is 0.206 e. The molecule has 0 atom stereocenters. The molecule has 3 rings (SSSR count). The van der Waals surface area contributed by atoms with E-state index in [0.717, 1.165) is 30.0 Å². The van der Waals surface area contributed by atoms with E-state index in [0.29, 0.717) is 0 Å². The minimum Gasteiger partial charge on any atom is -0.451 e. The maximum Gasteiger partial charge on any atom is 0.206 e. The number of thioether (sulfide) groups is 1. The van der Waals surface area contributed by atoms with E-state index in [1.54, 1.807) is 6.26 Å². The number of benzene rings is 2. The summed E-state index contributed by atoms with van der Waals surface area (Å²) in [4.78, 5) is 2.41. The van der Waals surface area contributed by atoms with Gasteiger partial charge in [0.25, 0.3) is 0 Å². The van der Waals surface area contributed by atoms with E-state index >= 15 is 0 Å². The van der Waals surface area contributed by atoms with Gasteiger partial charge in [-0.1, -0.05) is 0 Å². The largest absolute Gasteiger partial charge is 0.451 e. The van der Waals surface area contributed by atoms with Gasteiger partial charge in [-0.2, -0.15) is 4.39 Å². The van der Waals surface area contributed by atoms with Crippen LogP contribution in [-0.4, -0.2) is 16.3 Å². The molecule has 0 bridgehead atoms. The molecule has 132 valence electrons. The first kappa shape index (κ1) is 19.6. The molecule has 1 heterocycles. The van der Waals surface area contributed by atoms with Crippen molar-refractivity contribution in [3.8, 4) is 11.5 Å². The number of aromatic nitrogens is 1. The highest BCUT2D eigenvalue weighted by atomic mass is 127. The molecule has 9 heteroatoms. The van der Waals surface area contributed by atoms with Crippen molar-refractivity contribution < 1.29 is 22.3 Å². The maximum atomic E-state index is 14.4. The summed E-state index contributed by atoms with van der Waals surface area (Å²) >= 11 is 0.994. The van der Waals surface area contributed by atoms with Gasteiger partial charge in [-0.3, -0.25) is 5.41 Å². The predicted octanol–water partition coefficient (Wildman–Crippen LogP) is 5.82. The molecule has 0 aliphatic rings. The second kappa shape index (κ2) is 7.65. The maximum absolute atomic E-state index is 14.4. The summed E-state index contributed by atoms with van der Waals surface area (Å²) in [6.07, 6.45) is 2.86. The standard InChI is InChI=1S/C16H10F4N2OS.HI/c1-24-16(21)9-6-7(2-3-10(9)17)23-15-11(18)8-4-5-22-14(8)12(19)13(15)20;/h2-6,21-22H,1H3;1H. The van der Waals surface area contributed by atoms with Crippen molar-refractivity contribution >= 4 is 51.7 Å². The first-order valence-corrected chi connectivity index (χ1v) is 7.90. The van der Waals surface area contributed by atoms with Gasteiger partial charge in [0.2, 0.25) is 11.6 Å². The van der Waals surface area contributed by atoms with Crippen LogP contribution in [0.3, 0.4) is 0 Å². The normalized spacial score (nSPS) is 10.6. The Morgan fingerprint density at radius 2 is 1.80 bits per heavy atom. The Kier molecular flexibility index (Phi) is 5.99. The highest BCUT2D eigenvalue weighted by Gasteiger charge is 2.23. The van der Waals surface area contributed by atoms with E-state index in [1.807, 2.05) is 0 Å². The molecule has 2 N–H and O–H groups in total. The molecule has 0 unspecified atom stereocenters. The number of rotatable bonds is 3. The number of H-pyrrole nitrogens is 1. The topological polar surface area (TPSA) is 48.9 Å². The highest BCUT2D eigenvalue weighted by Crippen LogP contribution is 2.35. The van der Waals surface area contributed by atoms with Crippen molar-refractivity contribution in [2.24, 2.45) is 0 Å². The van der Waals surface area contributed by atoms with E-state index in [4.69, 9.17) is 10.1 Å². The van der Waals surface area contributed by atoms with Crippen LogP contribution in [0.1, 0.15) is 5.56 Å². The molecule has 0 fully saturated rings. The van der Waals surface area contributed by atoms with Gasteiger partial charge in [0.1, 0.15) is 11.6 Å². The number of aromatic amines is 1. The lowest BCUT2D eigenvalue weighted by molar-refractivity contribution is 0.391. The minimum absolute atomic E-state index is 0. The van der Waals surface area contributed by atoms with Gasteiger partial charge in [0.05, 0.1) is 10.6 Å². The van der Waals surface area contributed by atoms with Crippen LogP contribution in [0, 0.1) is 28.7 Å². The molecule has 2 aromatic carbocycles. The Balaban J connectivity index is 0.00000225. The van der Waals surface area contributed by atoms with Gasteiger partial charge in [-0.05, 0) is 30.5 Å². The third-order valence-corrected chi connectivity index (χ3v) is 4.03. The van der Waals surface area contributed by atoms with Crippen molar-refractivity contribution in [3.05, 3.63) is 59.3 Å². The first-order chi connectivity index (χ1) is 11.4. The van der Waals surface area contributed by atoms with E-state index in [1.165, 1.54) is 12.3 Å². The van der Waals surface area contributed by atoms with Crippen molar-refractivity contribution in [2.45, 2.75) is 0 Å². The number of hydrogen-bond acceptors (Lipinski definition) is 3. The number of nitrogens with one attached hydrogen (secondary N) is 2. The first-order valence-electron chi connectivity index (χ1n) is 6.68. The second-order valence-corrected chi connectivity index (χ2v) is 5.63. The fourth-order valence-corrected chi connectivity index (χ4v) is 2.60. The number of ether oxygens (including phenoxy) is 1. The average Bonchev–Trinajstić information content (AvgIpc) is 3.07. The van der Waals surface area contributed by atoms with E-state index in [9.17, 15) is 17.6 Å². The van der Waals surface area contributed by atoms with Crippen LogP contribution in [0.25, 0.3) is 10.9 Å². The Hall–Kier alpha value is -1.75. The fourth-order valence-electron chi connectivity index (χ4n) is 2.22. The van der Waals surface area contributed by atoms with E-state index < -0.39 is 29.0 Å². The molecule has 0 radical (unpaired) electrons.